The van der Waals surface area contributed by atoms with Crippen molar-refractivity contribution in [3.05, 3.63) is 41.7 Å². The van der Waals surface area contributed by atoms with Crippen molar-refractivity contribution in [1.29, 1.82) is 0 Å². The number of thioether (sulfide) groups is 1. The van der Waals surface area contributed by atoms with E-state index >= 15 is 0 Å². The van der Waals surface area contributed by atoms with E-state index in [2.05, 4.69) is 15.5 Å². The first kappa shape index (κ1) is 16.3. The van der Waals surface area contributed by atoms with E-state index in [4.69, 9.17) is 9.26 Å². The van der Waals surface area contributed by atoms with Crippen LogP contribution in [0.5, 0.6) is 5.75 Å². The highest BCUT2D eigenvalue weighted by atomic mass is 32.2. The van der Waals surface area contributed by atoms with Gasteiger partial charge in [-0.05, 0) is 37.6 Å². The van der Waals surface area contributed by atoms with Gasteiger partial charge in [0.25, 0.3) is 0 Å². The van der Waals surface area contributed by atoms with E-state index in [0.717, 1.165) is 27.2 Å². The first-order valence-electron chi connectivity index (χ1n) is 7.36. The maximum atomic E-state index is 12.0. The van der Waals surface area contributed by atoms with Crippen molar-refractivity contribution in [2.45, 2.75) is 18.9 Å². The van der Waals surface area contributed by atoms with Crippen molar-refractivity contribution in [3.8, 4) is 5.75 Å². The summed E-state index contributed by atoms with van der Waals surface area (Å²) in [5, 5.41) is 8.29. The van der Waals surface area contributed by atoms with Crippen LogP contribution in [-0.2, 0) is 4.79 Å². The van der Waals surface area contributed by atoms with E-state index in [1.165, 1.54) is 11.8 Å². The van der Waals surface area contributed by atoms with E-state index in [1.807, 2.05) is 31.2 Å². The number of carbonyl (C=O) groups is 1. The third-order valence-electron chi connectivity index (χ3n) is 3.45. The van der Waals surface area contributed by atoms with Gasteiger partial charge in [0, 0.05) is 17.5 Å². The van der Waals surface area contributed by atoms with Crippen LogP contribution in [0, 0.1) is 13.8 Å². The summed E-state index contributed by atoms with van der Waals surface area (Å²) in [7, 11) is 1.63. The van der Waals surface area contributed by atoms with Gasteiger partial charge in [0.2, 0.25) is 5.91 Å². The highest BCUT2D eigenvalue weighted by molar-refractivity contribution is 7.99. The van der Waals surface area contributed by atoms with Crippen LogP contribution in [-0.4, -0.2) is 28.9 Å². The minimum atomic E-state index is -0.154. The van der Waals surface area contributed by atoms with Crippen LogP contribution >= 0.6 is 11.8 Å². The molecular weight excluding hydrogens is 326 g/mol. The second kappa shape index (κ2) is 6.92. The van der Waals surface area contributed by atoms with E-state index in [-0.39, 0.29) is 11.7 Å². The fourth-order valence-electron chi connectivity index (χ4n) is 2.30. The standard InChI is InChI=1S/C17H17N3O3S/c1-10-6-17(18-14-8-12(22-3)4-5-13(10)14)24-9-16(21)19-15-7-11(2)23-20-15/h4-8H,9H2,1-3H3,(H,19,20,21). The Kier molecular flexibility index (Phi) is 4.71. The number of nitrogens with zero attached hydrogens (tertiary/aromatic N) is 2. The van der Waals surface area contributed by atoms with Crippen molar-refractivity contribution < 1.29 is 14.1 Å². The number of pyridine rings is 1. The summed E-state index contributed by atoms with van der Waals surface area (Å²) in [6.07, 6.45) is 0. The maximum Gasteiger partial charge on any atom is 0.236 e. The van der Waals surface area contributed by atoms with Crippen molar-refractivity contribution in [2.75, 3.05) is 18.2 Å². The number of aromatic nitrogens is 2. The molecule has 0 fully saturated rings. The number of carbonyl (C=O) groups excluding carboxylic acids is 1. The molecule has 0 aliphatic heterocycles. The molecule has 0 radical (unpaired) electrons. The molecule has 0 saturated carbocycles. The van der Waals surface area contributed by atoms with Gasteiger partial charge in [0.05, 0.1) is 23.4 Å². The van der Waals surface area contributed by atoms with Crippen LogP contribution < -0.4 is 10.1 Å². The molecule has 124 valence electrons. The lowest BCUT2D eigenvalue weighted by atomic mass is 10.1. The van der Waals surface area contributed by atoms with Gasteiger partial charge in [-0.3, -0.25) is 4.79 Å². The smallest absolute Gasteiger partial charge is 0.236 e. The number of rotatable bonds is 5. The molecule has 1 aromatic carbocycles. The van der Waals surface area contributed by atoms with Gasteiger partial charge >= 0.3 is 0 Å². The summed E-state index contributed by atoms with van der Waals surface area (Å²) < 4.78 is 10.2. The van der Waals surface area contributed by atoms with E-state index in [0.29, 0.717) is 11.6 Å². The van der Waals surface area contributed by atoms with Crippen LogP contribution in [0.3, 0.4) is 0 Å². The fourth-order valence-corrected chi connectivity index (χ4v) is 3.07. The Morgan fingerprint density at radius 3 is 2.83 bits per heavy atom. The third kappa shape index (κ3) is 3.68. The highest BCUT2D eigenvalue weighted by Gasteiger charge is 2.09. The second-order valence-corrected chi connectivity index (χ2v) is 6.32. The molecule has 0 bridgehead atoms. The summed E-state index contributed by atoms with van der Waals surface area (Å²) in [6.45, 7) is 3.80. The Morgan fingerprint density at radius 2 is 2.12 bits per heavy atom. The normalized spacial score (nSPS) is 10.8. The zero-order valence-electron chi connectivity index (χ0n) is 13.6. The number of hydrogen-bond donors (Lipinski definition) is 1. The van der Waals surface area contributed by atoms with Crippen LogP contribution in [0.2, 0.25) is 0 Å². The molecule has 3 rings (SSSR count). The lowest BCUT2D eigenvalue weighted by Crippen LogP contribution is -2.14. The molecule has 0 aliphatic rings. The van der Waals surface area contributed by atoms with Crippen molar-refractivity contribution >= 4 is 34.4 Å². The second-order valence-electron chi connectivity index (χ2n) is 5.32. The lowest BCUT2D eigenvalue weighted by molar-refractivity contribution is -0.113. The molecule has 3 aromatic rings. The van der Waals surface area contributed by atoms with E-state index < -0.39 is 0 Å². The van der Waals surface area contributed by atoms with Gasteiger partial charge in [0.1, 0.15) is 11.5 Å². The number of aryl methyl sites for hydroxylation is 2. The first-order valence-corrected chi connectivity index (χ1v) is 8.35. The Balaban J connectivity index is 1.71. The largest absolute Gasteiger partial charge is 0.497 e. The number of anilines is 1. The quantitative estimate of drug-likeness (QED) is 0.714. The average Bonchev–Trinajstić information content (AvgIpc) is 2.97. The molecular formula is C17H17N3O3S. The molecule has 0 spiro atoms. The zero-order valence-corrected chi connectivity index (χ0v) is 14.4. The minimum absolute atomic E-state index is 0.154. The van der Waals surface area contributed by atoms with Gasteiger partial charge < -0.3 is 14.6 Å². The van der Waals surface area contributed by atoms with Gasteiger partial charge in [-0.2, -0.15) is 0 Å². The van der Waals surface area contributed by atoms with Gasteiger partial charge in [-0.25, -0.2) is 4.98 Å². The maximum absolute atomic E-state index is 12.0. The van der Waals surface area contributed by atoms with Crippen molar-refractivity contribution in [3.63, 3.8) is 0 Å². The number of methoxy groups -OCH3 is 1. The Morgan fingerprint density at radius 1 is 1.29 bits per heavy atom. The molecule has 1 amide bonds. The molecule has 0 unspecified atom stereocenters. The number of hydrogen-bond acceptors (Lipinski definition) is 6. The number of benzene rings is 1. The number of fused-ring (bicyclic) bond motifs is 1. The van der Waals surface area contributed by atoms with Crippen LogP contribution in [0.1, 0.15) is 11.3 Å². The molecule has 0 atom stereocenters. The van der Waals surface area contributed by atoms with Gasteiger partial charge in [0.15, 0.2) is 5.82 Å². The van der Waals surface area contributed by atoms with Crippen LogP contribution in [0.25, 0.3) is 10.9 Å². The Labute approximate surface area is 143 Å². The summed E-state index contributed by atoms with van der Waals surface area (Å²) in [5.74, 6) is 1.92. The van der Waals surface area contributed by atoms with E-state index in [9.17, 15) is 4.79 Å². The number of ether oxygens (including phenoxy) is 1. The highest BCUT2D eigenvalue weighted by Crippen LogP contribution is 2.26. The summed E-state index contributed by atoms with van der Waals surface area (Å²) in [5.41, 5.74) is 1.96. The Hall–Kier alpha value is -2.54. The minimum Gasteiger partial charge on any atom is -0.497 e. The van der Waals surface area contributed by atoms with Gasteiger partial charge in [-0.1, -0.05) is 16.9 Å². The van der Waals surface area contributed by atoms with Gasteiger partial charge in [-0.15, -0.1) is 0 Å². The number of amides is 1. The topological polar surface area (TPSA) is 77.2 Å². The predicted octanol–water partition coefficient (Wildman–Crippen LogP) is 3.58. The summed E-state index contributed by atoms with van der Waals surface area (Å²) in [4.78, 5) is 16.6. The molecule has 2 heterocycles. The Bertz CT molecular complexity index is 892. The molecule has 7 heteroatoms. The summed E-state index contributed by atoms with van der Waals surface area (Å²) >= 11 is 1.37. The molecule has 24 heavy (non-hydrogen) atoms. The zero-order chi connectivity index (χ0) is 17.1. The first-order chi connectivity index (χ1) is 11.5. The van der Waals surface area contributed by atoms with Crippen LogP contribution in [0.4, 0.5) is 5.82 Å². The fraction of sp³-hybridized carbons (Fsp3) is 0.235. The summed E-state index contributed by atoms with van der Waals surface area (Å²) in [6, 6.07) is 9.45. The third-order valence-corrected chi connectivity index (χ3v) is 4.36. The average molecular weight is 343 g/mol. The molecule has 0 aliphatic carbocycles. The predicted molar refractivity (Wildman–Crippen MR) is 93.6 cm³/mol. The molecule has 2 aromatic heterocycles. The van der Waals surface area contributed by atoms with E-state index in [1.54, 1.807) is 20.1 Å². The monoisotopic (exact) mass is 343 g/mol. The molecule has 6 nitrogen and oxygen atoms in total. The number of nitrogens with one attached hydrogen (secondary N) is 1. The lowest BCUT2D eigenvalue weighted by Gasteiger charge is -2.08. The van der Waals surface area contributed by atoms with Crippen molar-refractivity contribution in [2.24, 2.45) is 0 Å². The van der Waals surface area contributed by atoms with Crippen LogP contribution in [0.15, 0.2) is 39.9 Å². The molecule has 1 N–H and O–H groups in total. The molecule has 0 saturated heterocycles. The van der Waals surface area contributed by atoms with Crippen molar-refractivity contribution in [1.82, 2.24) is 10.1 Å². The SMILES string of the molecule is COc1ccc2c(C)cc(SCC(=O)Nc3cc(C)on3)nc2c1.